The van der Waals surface area contributed by atoms with Crippen molar-refractivity contribution >= 4 is 5.91 Å². The van der Waals surface area contributed by atoms with Crippen molar-refractivity contribution in [3.8, 4) is 0 Å². The minimum Gasteiger partial charge on any atom is -0.332 e. The predicted octanol–water partition coefficient (Wildman–Crippen LogP) is 2.87. The second-order valence-electron chi connectivity index (χ2n) is 4.75. The van der Waals surface area contributed by atoms with Crippen LogP contribution in [0.5, 0.6) is 0 Å². The number of amides is 1. The van der Waals surface area contributed by atoms with Crippen molar-refractivity contribution in [2.75, 3.05) is 7.05 Å². The highest BCUT2D eigenvalue weighted by molar-refractivity contribution is 5.92. The van der Waals surface area contributed by atoms with Gasteiger partial charge in [0.25, 0.3) is 5.91 Å². The van der Waals surface area contributed by atoms with Crippen LogP contribution < -0.4 is 0 Å². The fraction of sp³-hybridized carbons (Fsp3) is 0.312. The number of carbonyl (C=O) groups excluding carboxylic acids is 1. The summed E-state index contributed by atoms with van der Waals surface area (Å²) in [5, 5.41) is 0. The Labute approximate surface area is 119 Å². The minimum absolute atomic E-state index is 0.0848. The third kappa shape index (κ3) is 3.02. The van der Waals surface area contributed by atoms with E-state index in [1.165, 1.54) is 0 Å². The molecule has 2 aromatic heterocycles. The van der Waals surface area contributed by atoms with Gasteiger partial charge in [-0.15, -0.1) is 0 Å². The molecule has 0 bridgehead atoms. The van der Waals surface area contributed by atoms with Crippen molar-refractivity contribution in [1.29, 1.82) is 0 Å². The Morgan fingerprint density at radius 2 is 2.05 bits per heavy atom. The van der Waals surface area contributed by atoms with E-state index in [0.29, 0.717) is 5.69 Å². The normalized spacial score (nSPS) is 11.9. The van der Waals surface area contributed by atoms with E-state index in [1.807, 2.05) is 37.3 Å². The fourth-order valence-electron chi connectivity index (χ4n) is 1.99. The molecule has 20 heavy (non-hydrogen) atoms. The maximum atomic E-state index is 12.5. The van der Waals surface area contributed by atoms with Crippen LogP contribution in [-0.2, 0) is 6.42 Å². The molecule has 4 nitrogen and oxygen atoms in total. The molecule has 1 amide bonds. The summed E-state index contributed by atoms with van der Waals surface area (Å²) in [5.41, 5.74) is 2.46. The molecule has 104 valence electrons. The highest BCUT2D eigenvalue weighted by atomic mass is 16.2. The van der Waals surface area contributed by atoms with Crippen LogP contribution in [-0.4, -0.2) is 27.8 Å². The molecular weight excluding hydrogens is 250 g/mol. The molecule has 0 spiro atoms. The number of aromatic nitrogens is 2. The lowest BCUT2D eigenvalue weighted by atomic mass is 10.1. The smallest absolute Gasteiger partial charge is 0.272 e. The Morgan fingerprint density at radius 1 is 1.25 bits per heavy atom. The molecule has 1 unspecified atom stereocenters. The Hall–Kier alpha value is -2.23. The molecule has 0 saturated heterocycles. The highest BCUT2D eigenvalue weighted by Crippen LogP contribution is 2.18. The molecular formula is C16H19N3O. The zero-order valence-corrected chi connectivity index (χ0v) is 12.1. The summed E-state index contributed by atoms with van der Waals surface area (Å²) in [4.78, 5) is 22.6. The van der Waals surface area contributed by atoms with Crippen LogP contribution in [0.4, 0.5) is 0 Å². The summed E-state index contributed by atoms with van der Waals surface area (Å²) in [6.07, 6.45) is 4.31. The van der Waals surface area contributed by atoms with Gasteiger partial charge in [0.2, 0.25) is 0 Å². The van der Waals surface area contributed by atoms with E-state index in [2.05, 4.69) is 16.9 Å². The van der Waals surface area contributed by atoms with E-state index in [-0.39, 0.29) is 11.9 Å². The van der Waals surface area contributed by atoms with Gasteiger partial charge in [0, 0.05) is 19.4 Å². The number of hydrogen-bond acceptors (Lipinski definition) is 3. The van der Waals surface area contributed by atoms with Crippen LogP contribution in [0.2, 0.25) is 0 Å². The third-order valence-corrected chi connectivity index (χ3v) is 3.47. The van der Waals surface area contributed by atoms with Crippen molar-refractivity contribution in [3.63, 3.8) is 0 Å². The van der Waals surface area contributed by atoms with Crippen molar-refractivity contribution in [3.05, 3.63) is 59.7 Å². The second-order valence-corrected chi connectivity index (χ2v) is 4.75. The zero-order valence-electron chi connectivity index (χ0n) is 12.1. The number of hydrogen-bond donors (Lipinski definition) is 0. The van der Waals surface area contributed by atoms with E-state index in [1.54, 1.807) is 24.3 Å². The summed E-state index contributed by atoms with van der Waals surface area (Å²) >= 11 is 0. The first-order valence-corrected chi connectivity index (χ1v) is 6.76. The monoisotopic (exact) mass is 269 g/mol. The molecule has 1 atom stereocenters. The van der Waals surface area contributed by atoms with Crippen molar-refractivity contribution in [2.24, 2.45) is 0 Å². The first-order valence-electron chi connectivity index (χ1n) is 6.76. The lowest BCUT2D eigenvalue weighted by Crippen LogP contribution is -2.30. The maximum absolute atomic E-state index is 12.5. The maximum Gasteiger partial charge on any atom is 0.272 e. The van der Waals surface area contributed by atoms with Gasteiger partial charge in [-0.05, 0) is 43.2 Å². The van der Waals surface area contributed by atoms with Crippen molar-refractivity contribution in [1.82, 2.24) is 14.9 Å². The van der Waals surface area contributed by atoms with E-state index in [9.17, 15) is 4.79 Å². The van der Waals surface area contributed by atoms with Gasteiger partial charge in [0.1, 0.15) is 5.69 Å². The molecule has 0 fully saturated rings. The number of nitrogens with zero attached hydrogens (tertiary/aromatic N) is 3. The largest absolute Gasteiger partial charge is 0.332 e. The van der Waals surface area contributed by atoms with Gasteiger partial charge in [-0.25, -0.2) is 0 Å². The number of pyridine rings is 2. The fourth-order valence-corrected chi connectivity index (χ4v) is 1.99. The molecule has 2 heterocycles. The molecule has 4 heteroatoms. The molecule has 0 radical (unpaired) electrons. The summed E-state index contributed by atoms with van der Waals surface area (Å²) in [5.74, 6) is -0.0848. The quantitative estimate of drug-likeness (QED) is 0.857. The lowest BCUT2D eigenvalue weighted by molar-refractivity contribution is 0.0733. The Bertz CT molecular complexity index is 583. The first-order chi connectivity index (χ1) is 9.63. The van der Waals surface area contributed by atoms with Crippen molar-refractivity contribution in [2.45, 2.75) is 26.3 Å². The van der Waals surface area contributed by atoms with E-state index < -0.39 is 0 Å². The van der Waals surface area contributed by atoms with E-state index >= 15 is 0 Å². The van der Waals surface area contributed by atoms with Gasteiger partial charge in [0.05, 0.1) is 11.7 Å². The van der Waals surface area contributed by atoms with Gasteiger partial charge in [-0.3, -0.25) is 14.8 Å². The molecule has 0 aromatic carbocycles. The summed E-state index contributed by atoms with van der Waals surface area (Å²) in [6.45, 7) is 4.02. The zero-order chi connectivity index (χ0) is 14.5. The average molecular weight is 269 g/mol. The molecule has 0 N–H and O–H groups in total. The molecule has 2 aromatic rings. The predicted molar refractivity (Wildman–Crippen MR) is 78.4 cm³/mol. The Kier molecular flexibility index (Phi) is 4.45. The van der Waals surface area contributed by atoms with Crippen LogP contribution in [0.3, 0.4) is 0 Å². The van der Waals surface area contributed by atoms with Crippen LogP contribution in [0, 0.1) is 0 Å². The van der Waals surface area contributed by atoms with Crippen LogP contribution >= 0.6 is 0 Å². The van der Waals surface area contributed by atoms with E-state index in [0.717, 1.165) is 17.7 Å². The van der Waals surface area contributed by atoms with E-state index in [4.69, 9.17) is 0 Å². The van der Waals surface area contributed by atoms with Gasteiger partial charge < -0.3 is 4.90 Å². The molecule has 2 rings (SSSR count). The molecule has 0 aliphatic heterocycles. The summed E-state index contributed by atoms with van der Waals surface area (Å²) < 4.78 is 0. The first kappa shape index (κ1) is 14.2. The average Bonchev–Trinajstić information content (AvgIpc) is 2.53. The van der Waals surface area contributed by atoms with Crippen LogP contribution in [0.25, 0.3) is 0 Å². The second kappa shape index (κ2) is 6.28. The molecule has 0 aliphatic rings. The number of aryl methyl sites for hydroxylation is 1. The standard InChI is InChI=1S/C16H19N3O/c1-4-13-8-10-18-15(11-13)16(20)19(3)12(2)14-7-5-6-9-17-14/h5-12H,4H2,1-3H3. The number of carbonyl (C=O) groups is 1. The lowest BCUT2D eigenvalue weighted by Gasteiger charge is -2.24. The SMILES string of the molecule is CCc1ccnc(C(=O)N(C)C(C)c2ccccn2)c1. The van der Waals surface area contributed by atoms with Gasteiger partial charge in [0.15, 0.2) is 0 Å². The topological polar surface area (TPSA) is 46.1 Å². The van der Waals surface area contributed by atoms with Gasteiger partial charge in [-0.1, -0.05) is 13.0 Å². The van der Waals surface area contributed by atoms with Crippen LogP contribution in [0.15, 0.2) is 42.7 Å². The van der Waals surface area contributed by atoms with Gasteiger partial charge >= 0.3 is 0 Å². The number of rotatable bonds is 4. The third-order valence-electron chi connectivity index (χ3n) is 3.47. The van der Waals surface area contributed by atoms with Crippen LogP contribution in [0.1, 0.15) is 41.6 Å². The summed E-state index contributed by atoms with van der Waals surface area (Å²) in [6, 6.07) is 9.40. The Balaban J connectivity index is 2.19. The highest BCUT2D eigenvalue weighted by Gasteiger charge is 2.20. The van der Waals surface area contributed by atoms with Crippen molar-refractivity contribution < 1.29 is 4.79 Å². The molecule has 0 aliphatic carbocycles. The minimum atomic E-state index is -0.0872. The molecule has 0 saturated carbocycles. The summed E-state index contributed by atoms with van der Waals surface area (Å²) in [7, 11) is 1.78. The Morgan fingerprint density at radius 3 is 2.70 bits per heavy atom. The van der Waals surface area contributed by atoms with Gasteiger partial charge in [-0.2, -0.15) is 0 Å².